The first kappa shape index (κ1) is 14.0. The number of rotatable bonds is 5. The monoisotopic (exact) mass is 279 g/mol. The van der Waals surface area contributed by atoms with Gasteiger partial charge in [0.1, 0.15) is 5.78 Å². The molecule has 0 spiro atoms. The summed E-state index contributed by atoms with van der Waals surface area (Å²) in [6, 6.07) is 14.3. The van der Waals surface area contributed by atoms with Gasteiger partial charge in [0.2, 0.25) is 0 Å². The van der Waals surface area contributed by atoms with Gasteiger partial charge >= 0.3 is 0 Å². The number of hydrogen-bond acceptors (Lipinski definition) is 2. The summed E-state index contributed by atoms with van der Waals surface area (Å²) in [4.78, 5) is 17.3. The van der Waals surface area contributed by atoms with Gasteiger partial charge in [-0.25, -0.2) is 0 Å². The largest absolute Gasteiger partial charge is 0.298 e. The molecular weight excluding hydrogens is 258 g/mol. The van der Waals surface area contributed by atoms with Crippen molar-refractivity contribution in [1.82, 2.24) is 4.98 Å². The van der Waals surface area contributed by atoms with Crippen LogP contribution in [0.2, 0.25) is 0 Å². The second kappa shape index (κ2) is 5.80. The molecule has 2 heteroatoms. The molecule has 0 radical (unpaired) electrons. The first-order valence-electron chi connectivity index (χ1n) is 7.77. The van der Waals surface area contributed by atoms with Crippen LogP contribution < -0.4 is 0 Å². The predicted molar refractivity (Wildman–Crippen MR) is 84.3 cm³/mol. The van der Waals surface area contributed by atoms with Crippen molar-refractivity contribution in [3.63, 3.8) is 0 Å². The zero-order valence-electron chi connectivity index (χ0n) is 12.5. The highest BCUT2D eigenvalue weighted by Gasteiger charge is 2.44. The standard InChI is InChI=1S/C19H21NO/c1-2-15-9-10-17(20-14-15)13-18(21)19(11-6-12-19)16-7-4-3-5-8-16/h3-5,7-10,14H,2,6,11-13H2,1H3. The molecule has 108 valence electrons. The van der Waals surface area contributed by atoms with Crippen LogP contribution in [0.3, 0.4) is 0 Å². The molecule has 2 aromatic rings. The van der Waals surface area contributed by atoms with Crippen LogP contribution >= 0.6 is 0 Å². The van der Waals surface area contributed by atoms with Crippen molar-refractivity contribution in [3.05, 3.63) is 65.5 Å². The fourth-order valence-electron chi connectivity index (χ4n) is 3.12. The molecule has 21 heavy (non-hydrogen) atoms. The van der Waals surface area contributed by atoms with Crippen molar-refractivity contribution in [3.8, 4) is 0 Å². The maximum atomic E-state index is 12.8. The summed E-state index contributed by atoms with van der Waals surface area (Å²) in [7, 11) is 0. The minimum absolute atomic E-state index is 0.258. The fourth-order valence-corrected chi connectivity index (χ4v) is 3.12. The van der Waals surface area contributed by atoms with Crippen LogP contribution in [0.15, 0.2) is 48.7 Å². The molecule has 0 saturated heterocycles. The van der Waals surface area contributed by atoms with Crippen molar-refractivity contribution in [2.75, 3.05) is 0 Å². The van der Waals surface area contributed by atoms with Gasteiger partial charge in [0.25, 0.3) is 0 Å². The Morgan fingerprint density at radius 1 is 1.14 bits per heavy atom. The Bertz CT molecular complexity index is 612. The maximum Gasteiger partial charge on any atom is 0.149 e. The molecule has 0 bridgehead atoms. The van der Waals surface area contributed by atoms with Gasteiger partial charge < -0.3 is 0 Å². The zero-order chi connectivity index (χ0) is 14.7. The molecule has 1 saturated carbocycles. The fraction of sp³-hybridized carbons (Fsp3) is 0.368. The predicted octanol–water partition coefficient (Wildman–Crippen LogP) is 3.88. The Balaban J connectivity index is 1.80. The average molecular weight is 279 g/mol. The van der Waals surface area contributed by atoms with E-state index < -0.39 is 0 Å². The van der Waals surface area contributed by atoms with E-state index in [0.29, 0.717) is 12.2 Å². The molecule has 1 aromatic heterocycles. The number of carbonyl (C=O) groups is 1. The van der Waals surface area contributed by atoms with E-state index in [1.54, 1.807) is 0 Å². The maximum absolute atomic E-state index is 12.8. The number of aromatic nitrogens is 1. The summed E-state index contributed by atoms with van der Waals surface area (Å²) in [5.74, 6) is 0.316. The lowest BCUT2D eigenvalue weighted by Crippen LogP contribution is -2.43. The van der Waals surface area contributed by atoms with Gasteiger partial charge in [-0.2, -0.15) is 0 Å². The molecule has 2 nitrogen and oxygen atoms in total. The van der Waals surface area contributed by atoms with Crippen molar-refractivity contribution < 1.29 is 4.79 Å². The Morgan fingerprint density at radius 3 is 2.43 bits per heavy atom. The molecule has 0 aliphatic heterocycles. The third-order valence-corrected chi connectivity index (χ3v) is 4.70. The number of aryl methyl sites for hydroxylation is 1. The second-order valence-electron chi connectivity index (χ2n) is 5.91. The lowest BCUT2D eigenvalue weighted by molar-refractivity contribution is -0.127. The summed E-state index contributed by atoms with van der Waals surface area (Å²) in [5.41, 5.74) is 3.02. The van der Waals surface area contributed by atoms with Crippen molar-refractivity contribution in [2.45, 2.75) is 44.4 Å². The van der Waals surface area contributed by atoms with E-state index >= 15 is 0 Å². The number of pyridine rings is 1. The van der Waals surface area contributed by atoms with Crippen LogP contribution in [0.5, 0.6) is 0 Å². The second-order valence-corrected chi connectivity index (χ2v) is 5.91. The SMILES string of the molecule is CCc1ccc(CC(=O)C2(c3ccccc3)CCC2)nc1. The van der Waals surface area contributed by atoms with Crippen LogP contribution in [-0.2, 0) is 23.1 Å². The average Bonchev–Trinajstić information content (AvgIpc) is 2.48. The number of carbonyl (C=O) groups excluding carboxylic acids is 1. The zero-order valence-corrected chi connectivity index (χ0v) is 12.5. The molecule has 1 heterocycles. The minimum Gasteiger partial charge on any atom is -0.298 e. The third kappa shape index (κ3) is 2.63. The van der Waals surface area contributed by atoms with Crippen molar-refractivity contribution in [1.29, 1.82) is 0 Å². The summed E-state index contributed by atoms with van der Waals surface area (Å²) in [5, 5.41) is 0. The van der Waals surface area contributed by atoms with Gasteiger partial charge in [-0.3, -0.25) is 9.78 Å². The molecule has 1 aliphatic rings. The lowest BCUT2D eigenvalue weighted by Gasteiger charge is -2.41. The normalized spacial score (nSPS) is 16.2. The Morgan fingerprint density at radius 2 is 1.90 bits per heavy atom. The highest BCUT2D eigenvalue weighted by atomic mass is 16.1. The number of ketones is 1. The van der Waals surface area contributed by atoms with Crippen LogP contribution in [0, 0.1) is 0 Å². The van der Waals surface area contributed by atoms with Gasteiger partial charge in [-0.15, -0.1) is 0 Å². The highest BCUT2D eigenvalue weighted by Crippen LogP contribution is 2.45. The smallest absolute Gasteiger partial charge is 0.149 e. The molecule has 3 rings (SSSR count). The van der Waals surface area contributed by atoms with Gasteiger partial charge in [0.05, 0.1) is 5.41 Å². The highest BCUT2D eigenvalue weighted by molar-refractivity contribution is 5.92. The number of benzene rings is 1. The summed E-state index contributed by atoms with van der Waals surface area (Å²) < 4.78 is 0. The molecule has 1 aromatic carbocycles. The number of Topliss-reactive ketones (excluding diaryl/α,β-unsaturated/α-hetero) is 1. The Labute approximate surface area is 126 Å². The minimum atomic E-state index is -0.258. The molecule has 1 aliphatic carbocycles. The van der Waals surface area contributed by atoms with E-state index in [1.165, 1.54) is 11.1 Å². The summed E-state index contributed by atoms with van der Waals surface area (Å²) in [6.07, 6.45) is 6.40. The van der Waals surface area contributed by atoms with Crippen LogP contribution in [0.1, 0.15) is 43.0 Å². The van der Waals surface area contributed by atoms with Crippen molar-refractivity contribution in [2.24, 2.45) is 0 Å². The topological polar surface area (TPSA) is 30.0 Å². The number of hydrogen-bond donors (Lipinski definition) is 0. The first-order chi connectivity index (χ1) is 10.2. The molecule has 0 atom stereocenters. The van der Waals surface area contributed by atoms with Gasteiger partial charge in [-0.1, -0.05) is 49.7 Å². The van der Waals surface area contributed by atoms with Gasteiger partial charge in [-0.05, 0) is 36.5 Å². The summed E-state index contributed by atoms with van der Waals surface area (Å²) >= 11 is 0. The molecule has 0 amide bonds. The molecule has 0 unspecified atom stereocenters. The molecule has 1 fully saturated rings. The lowest BCUT2D eigenvalue weighted by atomic mass is 9.61. The van der Waals surface area contributed by atoms with E-state index in [2.05, 4.69) is 30.1 Å². The Kier molecular flexibility index (Phi) is 3.87. The van der Waals surface area contributed by atoms with E-state index in [4.69, 9.17) is 0 Å². The Hall–Kier alpha value is -1.96. The molecule has 0 N–H and O–H groups in total. The number of nitrogens with zero attached hydrogens (tertiary/aromatic N) is 1. The van der Waals surface area contributed by atoms with E-state index in [-0.39, 0.29) is 5.41 Å². The summed E-state index contributed by atoms with van der Waals surface area (Å²) in [6.45, 7) is 2.11. The molecular formula is C19H21NO. The van der Waals surface area contributed by atoms with Gasteiger partial charge in [0, 0.05) is 18.3 Å². The van der Waals surface area contributed by atoms with E-state index in [1.807, 2.05) is 30.5 Å². The quantitative estimate of drug-likeness (QED) is 0.831. The van der Waals surface area contributed by atoms with Crippen molar-refractivity contribution >= 4 is 5.78 Å². The van der Waals surface area contributed by atoms with Crippen LogP contribution in [0.4, 0.5) is 0 Å². The van der Waals surface area contributed by atoms with Gasteiger partial charge in [0.15, 0.2) is 0 Å². The third-order valence-electron chi connectivity index (χ3n) is 4.70. The van der Waals surface area contributed by atoms with E-state index in [0.717, 1.165) is 31.4 Å². The van der Waals surface area contributed by atoms with Crippen LogP contribution in [0.25, 0.3) is 0 Å². The first-order valence-corrected chi connectivity index (χ1v) is 7.77. The van der Waals surface area contributed by atoms with E-state index in [9.17, 15) is 4.79 Å². The van der Waals surface area contributed by atoms with Crippen LogP contribution in [-0.4, -0.2) is 10.8 Å².